The monoisotopic (exact) mass is 266 g/mol. The van der Waals surface area contributed by atoms with Gasteiger partial charge in [-0.25, -0.2) is 8.78 Å². The first-order valence-electron chi connectivity index (χ1n) is 6.64. The summed E-state index contributed by atoms with van der Waals surface area (Å²) in [6, 6.07) is 0.903. The lowest BCUT2D eigenvalue weighted by Gasteiger charge is -2.13. The average molecular weight is 266 g/mol. The molecule has 3 rings (SSSR count). The number of aryl methyl sites for hydroxylation is 1. The van der Waals surface area contributed by atoms with E-state index in [1.165, 1.54) is 0 Å². The average Bonchev–Trinajstić information content (AvgIpc) is 2.99. The van der Waals surface area contributed by atoms with Crippen molar-refractivity contribution >= 4 is 11.0 Å². The van der Waals surface area contributed by atoms with Crippen molar-refractivity contribution in [3.8, 4) is 0 Å². The van der Waals surface area contributed by atoms with Gasteiger partial charge in [-0.1, -0.05) is 12.8 Å². The third-order valence-electron chi connectivity index (χ3n) is 4.15. The number of benzene rings is 1. The zero-order valence-corrected chi connectivity index (χ0v) is 10.8. The van der Waals surface area contributed by atoms with Gasteiger partial charge >= 0.3 is 0 Å². The number of furan rings is 1. The topological polar surface area (TPSA) is 33.4 Å². The van der Waals surface area contributed by atoms with Gasteiger partial charge < -0.3 is 9.52 Å². The van der Waals surface area contributed by atoms with E-state index in [-0.39, 0.29) is 18.1 Å². The number of rotatable bonds is 2. The second-order valence-electron chi connectivity index (χ2n) is 5.25. The first-order chi connectivity index (χ1) is 9.13. The maximum atomic E-state index is 14.2. The van der Waals surface area contributed by atoms with Gasteiger partial charge in [0.05, 0.1) is 0 Å². The van der Waals surface area contributed by atoms with E-state index in [4.69, 9.17) is 4.42 Å². The Morgan fingerprint density at radius 2 is 1.95 bits per heavy atom. The highest BCUT2D eigenvalue weighted by molar-refractivity contribution is 5.87. The van der Waals surface area contributed by atoms with E-state index in [2.05, 4.69) is 0 Å². The summed E-state index contributed by atoms with van der Waals surface area (Å²) in [4.78, 5) is 0. The standard InChI is InChI=1S/C15H16F2O2/c1-8-12(7-18)19-15-11(17)6-10(16)14(13(8)15)9-4-2-3-5-9/h6,9,18H,2-5,7H2,1H3. The zero-order chi connectivity index (χ0) is 13.6. The van der Waals surface area contributed by atoms with Gasteiger partial charge in [-0.15, -0.1) is 0 Å². The first kappa shape index (κ1) is 12.6. The molecule has 1 aliphatic rings. The molecule has 0 bridgehead atoms. The molecular formula is C15H16F2O2. The Morgan fingerprint density at radius 1 is 1.26 bits per heavy atom. The van der Waals surface area contributed by atoms with Crippen LogP contribution < -0.4 is 0 Å². The quantitative estimate of drug-likeness (QED) is 0.885. The number of aliphatic hydroxyl groups is 1. The lowest BCUT2D eigenvalue weighted by Crippen LogP contribution is -2.00. The Bertz CT molecular complexity index is 625. The van der Waals surface area contributed by atoms with Gasteiger partial charge in [0.15, 0.2) is 11.4 Å². The summed E-state index contributed by atoms with van der Waals surface area (Å²) in [6.07, 6.45) is 4.01. The minimum Gasteiger partial charge on any atom is -0.455 e. The molecule has 19 heavy (non-hydrogen) atoms. The SMILES string of the molecule is Cc1c(CO)oc2c(F)cc(F)c(C3CCCC3)c12. The van der Waals surface area contributed by atoms with Gasteiger partial charge in [0.2, 0.25) is 0 Å². The van der Waals surface area contributed by atoms with Crippen LogP contribution in [0.15, 0.2) is 10.5 Å². The lowest BCUT2D eigenvalue weighted by atomic mass is 9.92. The first-order valence-corrected chi connectivity index (χ1v) is 6.64. The summed E-state index contributed by atoms with van der Waals surface area (Å²) in [5.74, 6) is -0.743. The Hall–Kier alpha value is -1.42. The second kappa shape index (κ2) is 4.60. The Balaban J connectivity index is 2.32. The maximum absolute atomic E-state index is 14.2. The Morgan fingerprint density at radius 3 is 2.58 bits per heavy atom. The van der Waals surface area contributed by atoms with Crippen molar-refractivity contribution in [1.29, 1.82) is 0 Å². The molecule has 102 valence electrons. The molecule has 1 aromatic carbocycles. The number of halogens is 2. The third kappa shape index (κ3) is 1.86. The molecule has 2 nitrogen and oxygen atoms in total. The molecule has 0 radical (unpaired) electrons. The van der Waals surface area contributed by atoms with Crippen LogP contribution >= 0.6 is 0 Å². The van der Waals surface area contributed by atoms with Gasteiger partial charge in [-0.3, -0.25) is 0 Å². The molecule has 4 heteroatoms. The highest BCUT2D eigenvalue weighted by atomic mass is 19.1. The summed E-state index contributed by atoms with van der Waals surface area (Å²) in [7, 11) is 0. The van der Waals surface area contributed by atoms with E-state index in [1.54, 1.807) is 6.92 Å². The molecule has 1 heterocycles. The smallest absolute Gasteiger partial charge is 0.170 e. The molecule has 0 saturated heterocycles. The van der Waals surface area contributed by atoms with Crippen molar-refractivity contribution in [1.82, 2.24) is 0 Å². The molecule has 1 fully saturated rings. The molecule has 0 atom stereocenters. The zero-order valence-electron chi connectivity index (χ0n) is 10.8. The summed E-state index contributed by atoms with van der Waals surface area (Å²) < 4.78 is 33.4. The molecule has 1 N–H and O–H groups in total. The lowest BCUT2D eigenvalue weighted by molar-refractivity contribution is 0.249. The van der Waals surface area contributed by atoms with Crippen LogP contribution in [-0.2, 0) is 6.61 Å². The molecule has 0 amide bonds. The van der Waals surface area contributed by atoms with Crippen LogP contribution in [0.4, 0.5) is 8.78 Å². The normalized spacial score (nSPS) is 16.6. The predicted octanol–water partition coefficient (Wildman–Crippen LogP) is 4.17. The van der Waals surface area contributed by atoms with Crippen molar-refractivity contribution in [2.45, 2.75) is 45.1 Å². The largest absolute Gasteiger partial charge is 0.455 e. The minimum atomic E-state index is -0.697. The van der Waals surface area contributed by atoms with Gasteiger partial charge in [0.1, 0.15) is 18.2 Å². The predicted molar refractivity (Wildman–Crippen MR) is 68.0 cm³/mol. The van der Waals surface area contributed by atoms with Crippen LogP contribution in [0.2, 0.25) is 0 Å². The van der Waals surface area contributed by atoms with Crippen molar-refractivity contribution in [2.75, 3.05) is 0 Å². The molecule has 1 saturated carbocycles. The van der Waals surface area contributed by atoms with Crippen LogP contribution in [-0.4, -0.2) is 5.11 Å². The van der Waals surface area contributed by atoms with Crippen molar-refractivity contribution in [3.05, 3.63) is 34.6 Å². The van der Waals surface area contributed by atoms with Crippen molar-refractivity contribution < 1.29 is 18.3 Å². The van der Waals surface area contributed by atoms with Gasteiger partial charge in [0, 0.05) is 22.6 Å². The maximum Gasteiger partial charge on any atom is 0.170 e. The highest BCUT2D eigenvalue weighted by Crippen LogP contribution is 2.42. The van der Waals surface area contributed by atoms with E-state index in [9.17, 15) is 13.9 Å². The van der Waals surface area contributed by atoms with E-state index in [1.807, 2.05) is 0 Å². The minimum absolute atomic E-state index is 0.0739. The Labute approximate surface area is 110 Å². The summed E-state index contributed by atoms with van der Waals surface area (Å²) in [6.45, 7) is 1.44. The number of aliphatic hydroxyl groups excluding tert-OH is 1. The summed E-state index contributed by atoms with van der Waals surface area (Å²) >= 11 is 0. The fourth-order valence-electron chi connectivity index (χ4n) is 3.19. The van der Waals surface area contributed by atoms with E-state index >= 15 is 0 Å². The molecule has 0 spiro atoms. The number of hydrogen-bond donors (Lipinski definition) is 1. The van der Waals surface area contributed by atoms with Gasteiger partial charge in [0.25, 0.3) is 0 Å². The molecule has 0 unspecified atom stereocenters. The number of hydrogen-bond acceptors (Lipinski definition) is 2. The van der Waals surface area contributed by atoms with Crippen LogP contribution in [0.1, 0.15) is 48.5 Å². The van der Waals surface area contributed by atoms with Crippen molar-refractivity contribution in [2.24, 2.45) is 0 Å². The Kier molecular flexibility index (Phi) is 3.05. The van der Waals surface area contributed by atoms with Gasteiger partial charge in [-0.2, -0.15) is 0 Å². The van der Waals surface area contributed by atoms with E-state index in [0.717, 1.165) is 31.7 Å². The fraction of sp³-hybridized carbons (Fsp3) is 0.467. The molecule has 1 aliphatic carbocycles. The summed E-state index contributed by atoms with van der Waals surface area (Å²) in [5.41, 5.74) is 1.29. The highest BCUT2D eigenvalue weighted by Gasteiger charge is 2.27. The number of fused-ring (bicyclic) bond motifs is 1. The molecule has 1 aromatic heterocycles. The third-order valence-corrected chi connectivity index (χ3v) is 4.15. The van der Waals surface area contributed by atoms with Crippen LogP contribution in [0.25, 0.3) is 11.0 Å². The summed E-state index contributed by atoms with van der Waals surface area (Å²) in [5, 5.41) is 9.75. The fourth-order valence-corrected chi connectivity index (χ4v) is 3.19. The van der Waals surface area contributed by atoms with Crippen LogP contribution in [0.5, 0.6) is 0 Å². The van der Waals surface area contributed by atoms with Crippen molar-refractivity contribution in [3.63, 3.8) is 0 Å². The molecular weight excluding hydrogens is 250 g/mol. The molecule has 0 aliphatic heterocycles. The van der Waals surface area contributed by atoms with E-state index in [0.29, 0.717) is 22.3 Å². The van der Waals surface area contributed by atoms with Crippen LogP contribution in [0, 0.1) is 18.6 Å². The van der Waals surface area contributed by atoms with E-state index < -0.39 is 11.6 Å². The second-order valence-corrected chi connectivity index (χ2v) is 5.25. The van der Waals surface area contributed by atoms with Crippen LogP contribution in [0.3, 0.4) is 0 Å². The molecule has 2 aromatic rings. The van der Waals surface area contributed by atoms with Gasteiger partial charge in [-0.05, 0) is 25.7 Å².